The number of carbonyl (C=O) groups excluding carboxylic acids is 1. The average molecular weight is 379 g/mol. The molecule has 8 nitrogen and oxygen atoms in total. The Morgan fingerprint density at radius 1 is 1.36 bits per heavy atom. The van der Waals surface area contributed by atoms with Crippen molar-refractivity contribution >= 4 is 23.5 Å². The van der Waals surface area contributed by atoms with Crippen LogP contribution in [-0.2, 0) is 0 Å². The van der Waals surface area contributed by atoms with E-state index in [9.17, 15) is 4.79 Å². The molecule has 0 amide bonds. The number of pyridine rings is 1. The normalized spacial score (nSPS) is 13.6. The molecule has 1 aromatic carbocycles. The third-order valence-electron chi connectivity index (χ3n) is 4.51. The summed E-state index contributed by atoms with van der Waals surface area (Å²) in [4.78, 5) is 14.4. The minimum Gasteiger partial charge on any atom is -0.388 e. The second-order valence-electron chi connectivity index (χ2n) is 6.61. The highest BCUT2D eigenvalue weighted by atomic mass is 16.1. The second-order valence-corrected chi connectivity index (χ2v) is 6.61. The van der Waals surface area contributed by atoms with Gasteiger partial charge in [-0.05, 0) is 43.5 Å². The molecule has 0 unspecified atom stereocenters. The molecule has 0 atom stereocenters. The number of aryl methyl sites for hydroxylation is 1. The first-order chi connectivity index (χ1) is 13.5. The Morgan fingerprint density at radius 3 is 2.82 bits per heavy atom. The van der Waals surface area contributed by atoms with Crippen molar-refractivity contribution in [2.24, 2.45) is 16.7 Å². The summed E-state index contributed by atoms with van der Waals surface area (Å²) in [6.45, 7) is 2.04. The van der Waals surface area contributed by atoms with Crippen molar-refractivity contribution in [1.82, 2.24) is 14.5 Å². The van der Waals surface area contributed by atoms with Crippen molar-refractivity contribution in [3.05, 3.63) is 65.6 Å². The lowest BCUT2D eigenvalue weighted by Crippen LogP contribution is -2.31. The number of amidine groups is 1. The summed E-state index contributed by atoms with van der Waals surface area (Å²) in [6.07, 6.45) is 6.36. The van der Waals surface area contributed by atoms with Gasteiger partial charge in [0.05, 0.1) is 12.2 Å². The van der Waals surface area contributed by atoms with E-state index >= 15 is 0 Å². The minimum absolute atomic E-state index is 0.364. The summed E-state index contributed by atoms with van der Waals surface area (Å²) in [6, 6.07) is 11.9. The number of carbonyl (C=O) groups is 1. The van der Waals surface area contributed by atoms with Gasteiger partial charge in [0.25, 0.3) is 0 Å². The number of nitrogens with zero attached hydrogens (tertiary/aromatic N) is 4. The molecule has 2 aromatic heterocycles. The van der Waals surface area contributed by atoms with E-state index in [1.54, 1.807) is 10.6 Å². The lowest BCUT2D eigenvalue weighted by Gasteiger charge is -2.13. The van der Waals surface area contributed by atoms with Crippen LogP contribution < -0.4 is 16.9 Å². The first-order valence-electron chi connectivity index (χ1n) is 9.07. The maximum absolute atomic E-state index is 10.4. The van der Waals surface area contributed by atoms with E-state index in [2.05, 4.69) is 15.4 Å². The zero-order valence-corrected chi connectivity index (χ0v) is 16.0. The predicted octanol–water partition coefficient (Wildman–Crippen LogP) is 2.14. The maximum atomic E-state index is 10.4. The van der Waals surface area contributed by atoms with E-state index in [1.807, 2.05) is 56.6 Å². The van der Waals surface area contributed by atoms with Crippen LogP contribution in [0.15, 0.2) is 53.9 Å². The van der Waals surface area contributed by atoms with Gasteiger partial charge in [0.1, 0.15) is 11.3 Å². The van der Waals surface area contributed by atoms with Gasteiger partial charge in [-0.15, -0.1) is 5.10 Å². The van der Waals surface area contributed by atoms with E-state index in [1.165, 1.54) is 10.7 Å². The molecule has 4 rings (SSSR count). The highest BCUT2D eigenvalue weighted by Crippen LogP contribution is 2.24. The standard InChI is InChI=1S/C12H19N5.C8H6N2O/c1-8-3-4-9(7-11(8)15-2)12(13)16-17(14)10-5-6-10;11-6-7-5-9-8-3-1-2-4-10(7)8/h3-4,7,10,15H,5-6,14H2,1-2H3,(H2,13,16);1-6H. The number of anilines is 1. The Hall–Kier alpha value is -3.39. The Bertz CT molecular complexity index is 991. The number of nitrogens with one attached hydrogen (secondary N) is 1. The Kier molecular flexibility index (Phi) is 5.90. The molecule has 1 aliphatic carbocycles. The van der Waals surface area contributed by atoms with Gasteiger partial charge in [-0.2, -0.15) is 0 Å². The molecule has 0 spiro atoms. The van der Waals surface area contributed by atoms with Gasteiger partial charge in [-0.3, -0.25) is 9.20 Å². The maximum Gasteiger partial charge on any atom is 0.168 e. The van der Waals surface area contributed by atoms with Crippen molar-refractivity contribution < 1.29 is 4.79 Å². The summed E-state index contributed by atoms with van der Waals surface area (Å²) in [7, 11) is 1.89. The lowest BCUT2D eigenvalue weighted by atomic mass is 10.1. The molecule has 0 aliphatic heterocycles. The zero-order chi connectivity index (χ0) is 20.1. The molecule has 28 heavy (non-hydrogen) atoms. The number of hydrogen-bond acceptors (Lipinski definition) is 6. The smallest absolute Gasteiger partial charge is 0.168 e. The summed E-state index contributed by atoms with van der Waals surface area (Å²) in [5.41, 5.74) is 10.4. The van der Waals surface area contributed by atoms with Gasteiger partial charge in [0, 0.05) is 24.5 Å². The number of fused-ring (bicyclic) bond motifs is 1. The molecule has 8 heteroatoms. The van der Waals surface area contributed by atoms with Crippen LogP contribution in [0.4, 0.5) is 5.69 Å². The highest BCUT2D eigenvalue weighted by Gasteiger charge is 2.26. The number of hydrazine groups is 1. The molecule has 2 heterocycles. The number of imidazole rings is 1. The van der Waals surface area contributed by atoms with Gasteiger partial charge >= 0.3 is 0 Å². The third kappa shape index (κ3) is 4.47. The van der Waals surface area contributed by atoms with Crippen LogP contribution in [-0.4, -0.2) is 39.7 Å². The number of rotatable bonds is 5. The summed E-state index contributed by atoms with van der Waals surface area (Å²) in [5.74, 6) is 6.22. The first-order valence-corrected chi connectivity index (χ1v) is 9.07. The van der Waals surface area contributed by atoms with Crippen LogP contribution in [0.1, 0.15) is 34.5 Å². The van der Waals surface area contributed by atoms with Gasteiger partial charge in [0.2, 0.25) is 0 Å². The largest absolute Gasteiger partial charge is 0.388 e. The van der Waals surface area contributed by atoms with Crippen LogP contribution in [0.2, 0.25) is 0 Å². The molecule has 1 saturated carbocycles. The van der Waals surface area contributed by atoms with Crippen LogP contribution in [0.25, 0.3) is 5.65 Å². The fourth-order valence-corrected chi connectivity index (χ4v) is 2.69. The second kappa shape index (κ2) is 8.53. The Balaban J connectivity index is 0.000000176. The fourth-order valence-electron chi connectivity index (χ4n) is 2.69. The molecule has 0 radical (unpaired) electrons. The van der Waals surface area contributed by atoms with E-state index in [4.69, 9.17) is 11.6 Å². The van der Waals surface area contributed by atoms with E-state index in [0.717, 1.165) is 36.0 Å². The zero-order valence-electron chi connectivity index (χ0n) is 16.0. The van der Waals surface area contributed by atoms with Gasteiger partial charge in [-0.1, -0.05) is 18.2 Å². The topological polar surface area (TPSA) is 114 Å². The van der Waals surface area contributed by atoms with Crippen molar-refractivity contribution in [2.45, 2.75) is 25.8 Å². The number of hydrazone groups is 1. The van der Waals surface area contributed by atoms with Crippen LogP contribution >= 0.6 is 0 Å². The highest BCUT2D eigenvalue weighted by molar-refractivity contribution is 5.98. The number of benzene rings is 1. The predicted molar refractivity (Wildman–Crippen MR) is 111 cm³/mol. The molecular formula is C20H25N7O. The van der Waals surface area contributed by atoms with Gasteiger partial charge in [-0.25, -0.2) is 15.9 Å². The molecular weight excluding hydrogens is 354 g/mol. The monoisotopic (exact) mass is 379 g/mol. The van der Waals surface area contributed by atoms with Crippen LogP contribution in [0.3, 0.4) is 0 Å². The van der Waals surface area contributed by atoms with Crippen molar-refractivity contribution in [1.29, 1.82) is 0 Å². The van der Waals surface area contributed by atoms with E-state index in [0.29, 0.717) is 17.6 Å². The number of aldehydes is 1. The van der Waals surface area contributed by atoms with Crippen LogP contribution in [0, 0.1) is 6.92 Å². The quantitative estimate of drug-likeness (QED) is 0.206. The number of nitrogens with two attached hydrogens (primary N) is 2. The van der Waals surface area contributed by atoms with Crippen LogP contribution in [0.5, 0.6) is 0 Å². The van der Waals surface area contributed by atoms with Crippen molar-refractivity contribution in [3.8, 4) is 0 Å². The minimum atomic E-state index is 0.364. The molecule has 5 N–H and O–H groups in total. The molecule has 1 fully saturated rings. The van der Waals surface area contributed by atoms with Crippen molar-refractivity contribution in [3.63, 3.8) is 0 Å². The Morgan fingerprint density at radius 2 is 2.14 bits per heavy atom. The molecule has 3 aromatic rings. The molecule has 0 bridgehead atoms. The first kappa shape index (κ1) is 19.4. The number of aromatic nitrogens is 2. The molecule has 146 valence electrons. The summed E-state index contributed by atoms with van der Waals surface area (Å²) >= 11 is 0. The van der Waals surface area contributed by atoms with Crippen molar-refractivity contribution in [2.75, 3.05) is 12.4 Å². The molecule has 0 saturated heterocycles. The Labute approximate surface area is 163 Å². The SMILES string of the molecule is CNc1cc(/C(N)=N/N(N)C2CC2)ccc1C.O=Cc1cnc2ccccn12. The fraction of sp³-hybridized carbons (Fsp3) is 0.250. The van der Waals surface area contributed by atoms with E-state index in [-0.39, 0.29) is 0 Å². The molecule has 1 aliphatic rings. The van der Waals surface area contributed by atoms with Gasteiger partial charge < -0.3 is 11.1 Å². The van der Waals surface area contributed by atoms with Gasteiger partial charge in [0.15, 0.2) is 12.1 Å². The summed E-state index contributed by atoms with van der Waals surface area (Å²) < 4.78 is 1.74. The third-order valence-corrected chi connectivity index (χ3v) is 4.51. The summed E-state index contributed by atoms with van der Waals surface area (Å²) in [5, 5.41) is 8.78. The number of hydrogen-bond donors (Lipinski definition) is 3. The van der Waals surface area contributed by atoms with E-state index < -0.39 is 0 Å². The average Bonchev–Trinajstić information content (AvgIpc) is 3.48. The lowest BCUT2D eigenvalue weighted by molar-refractivity contribution is 0.111.